The van der Waals surface area contributed by atoms with Gasteiger partial charge in [0.1, 0.15) is 5.02 Å². The van der Waals surface area contributed by atoms with Crippen LogP contribution in [0.3, 0.4) is 0 Å². The number of hydrogen-bond donors (Lipinski definition) is 1. The van der Waals surface area contributed by atoms with Crippen molar-refractivity contribution in [2.75, 3.05) is 0 Å². The standard InChI is InChI=1S/C16H9Cl2F3N4O/c17-10-6-9(16(19,20)21)7-23-15(10)25-13(8-4-2-1-3-5-8)11(18)12(24-25)14(22)26/h1-7H,(H2,22,26). The Morgan fingerprint density at radius 3 is 2.35 bits per heavy atom. The highest BCUT2D eigenvalue weighted by Crippen LogP contribution is 2.36. The Morgan fingerprint density at radius 1 is 1.15 bits per heavy atom. The summed E-state index contributed by atoms with van der Waals surface area (Å²) in [5, 5.41) is 3.62. The minimum absolute atomic E-state index is 0.0542. The van der Waals surface area contributed by atoms with E-state index in [0.717, 1.165) is 10.7 Å². The highest BCUT2D eigenvalue weighted by Gasteiger charge is 2.32. The number of carbonyl (C=O) groups excluding carboxylic acids is 1. The molecule has 0 saturated heterocycles. The van der Waals surface area contributed by atoms with Crippen LogP contribution < -0.4 is 5.73 Å². The van der Waals surface area contributed by atoms with Gasteiger partial charge in [0.2, 0.25) is 0 Å². The summed E-state index contributed by atoms with van der Waals surface area (Å²) in [5.74, 6) is -1.01. The van der Waals surface area contributed by atoms with Gasteiger partial charge in [-0.25, -0.2) is 9.67 Å². The van der Waals surface area contributed by atoms with Crippen molar-refractivity contribution in [1.29, 1.82) is 0 Å². The highest BCUT2D eigenvalue weighted by atomic mass is 35.5. The third-order valence-corrected chi connectivity index (χ3v) is 4.09. The topological polar surface area (TPSA) is 73.8 Å². The summed E-state index contributed by atoms with van der Waals surface area (Å²) in [6, 6.07) is 9.28. The van der Waals surface area contributed by atoms with Crippen LogP contribution in [0.5, 0.6) is 0 Å². The molecule has 0 aliphatic carbocycles. The van der Waals surface area contributed by atoms with Gasteiger partial charge in [-0.15, -0.1) is 0 Å². The lowest BCUT2D eigenvalue weighted by Crippen LogP contribution is -2.13. The number of benzene rings is 1. The normalized spacial score (nSPS) is 11.6. The maximum atomic E-state index is 12.8. The van der Waals surface area contributed by atoms with Gasteiger partial charge in [-0.2, -0.15) is 18.3 Å². The molecule has 0 unspecified atom stereocenters. The molecule has 0 radical (unpaired) electrons. The molecule has 10 heteroatoms. The second kappa shape index (κ2) is 6.62. The number of rotatable bonds is 3. The molecule has 1 aromatic carbocycles. The van der Waals surface area contributed by atoms with Crippen LogP contribution in [0.1, 0.15) is 16.1 Å². The average Bonchev–Trinajstić information content (AvgIpc) is 2.92. The smallest absolute Gasteiger partial charge is 0.364 e. The Balaban J connectivity index is 2.26. The summed E-state index contributed by atoms with van der Waals surface area (Å²) in [6.07, 6.45) is -3.98. The van der Waals surface area contributed by atoms with Gasteiger partial charge in [0.25, 0.3) is 5.91 Å². The number of amides is 1. The number of hydrogen-bond acceptors (Lipinski definition) is 3. The molecule has 1 amide bonds. The molecule has 3 aromatic rings. The fourth-order valence-electron chi connectivity index (χ4n) is 2.30. The van der Waals surface area contributed by atoms with Gasteiger partial charge in [0.05, 0.1) is 16.3 Å². The number of carbonyl (C=O) groups is 1. The van der Waals surface area contributed by atoms with Crippen molar-refractivity contribution in [3.05, 3.63) is 63.9 Å². The van der Waals surface area contributed by atoms with E-state index in [1.165, 1.54) is 0 Å². The molecule has 0 fully saturated rings. The maximum Gasteiger partial charge on any atom is 0.417 e. The van der Waals surface area contributed by atoms with Crippen LogP contribution in [0.4, 0.5) is 13.2 Å². The van der Waals surface area contributed by atoms with E-state index in [1.807, 2.05) is 0 Å². The van der Waals surface area contributed by atoms with E-state index in [-0.39, 0.29) is 27.3 Å². The fourth-order valence-corrected chi connectivity index (χ4v) is 2.86. The lowest BCUT2D eigenvalue weighted by atomic mass is 10.1. The zero-order valence-electron chi connectivity index (χ0n) is 12.8. The second-order valence-corrected chi connectivity index (χ2v) is 5.97. The fraction of sp³-hybridized carbons (Fsp3) is 0.0625. The molecule has 5 nitrogen and oxygen atoms in total. The third kappa shape index (κ3) is 3.25. The van der Waals surface area contributed by atoms with E-state index >= 15 is 0 Å². The van der Waals surface area contributed by atoms with Crippen molar-refractivity contribution < 1.29 is 18.0 Å². The molecule has 0 spiro atoms. The summed E-state index contributed by atoms with van der Waals surface area (Å²) in [7, 11) is 0. The molecular formula is C16H9Cl2F3N4O. The molecule has 26 heavy (non-hydrogen) atoms. The van der Waals surface area contributed by atoms with Gasteiger partial charge in [-0.05, 0) is 6.07 Å². The summed E-state index contributed by atoms with van der Waals surface area (Å²) < 4.78 is 39.5. The molecular weight excluding hydrogens is 392 g/mol. The predicted octanol–water partition coefficient (Wildman–Crippen LogP) is 4.36. The third-order valence-electron chi connectivity index (χ3n) is 3.46. The van der Waals surface area contributed by atoms with Crippen molar-refractivity contribution in [2.45, 2.75) is 6.18 Å². The predicted molar refractivity (Wildman–Crippen MR) is 90.3 cm³/mol. The molecule has 2 aromatic heterocycles. The first-order valence-electron chi connectivity index (χ1n) is 7.07. The SMILES string of the molecule is NC(=O)c1nn(-c2ncc(C(F)(F)F)cc2Cl)c(-c2ccccc2)c1Cl. The average molecular weight is 401 g/mol. The Morgan fingerprint density at radius 2 is 1.81 bits per heavy atom. The number of primary amides is 1. The van der Waals surface area contributed by atoms with Crippen LogP contribution in [0, 0.1) is 0 Å². The van der Waals surface area contributed by atoms with Gasteiger partial charge in [0.15, 0.2) is 11.5 Å². The zero-order chi connectivity index (χ0) is 19.1. The van der Waals surface area contributed by atoms with Crippen molar-refractivity contribution in [3.63, 3.8) is 0 Å². The van der Waals surface area contributed by atoms with Crippen LogP contribution in [0.15, 0.2) is 42.6 Å². The number of pyridine rings is 1. The Labute approximate surface area is 155 Å². The highest BCUT2D eigenvalue weighted by molar-refractivity contribution is 6.36. The van der Waals surface area contributed by atoms with Gasteiger partial charge < -0.3 is 5.73 Å². The maximum absolute atomic E-state index is 12.8. The molecule has 0 saturated carbocycles. The Kier molecular flexibility index (Phi) is 4.64. The van der Waals surface area contributed by atoms with Crippen molar-refractivity contribution in [2.24, 2.45) is 5.73 Å². The minimum Gasteiger partial charge on any atom is -0.364 e. The van der Waals surface area contributed by atoms with Crippen LogP contribution >= 0.6 is 23.2 Å². The van der Waals surface area contributed by atoms with Crippen molar-refractivity contribution in [3.8, 4) is 17.1 Å². The first-order chi connectivity index (χ1) is 12.2. The molecule has 0 aliphatic rings. The summed E-state index contributed by atoms with van der Waals surface area (Å²) in [5.41, 5.74) is 4.79. The van der Waals surface area contributed by atoms with Gasteiger partial charge in [0, 0.05) is 11.8 Å². The summed E-state index contributed by atoms with van der Waals surface area (Å²) in [6.45, 7) is 0. The van der Waals surface area contributed by atoms with Crippen LogP contribution in [-0.4, -0.2) is 20.7 Å². The number of halogens is 5. The number of nitrogens with two attached hydrogens (primary N) is 1. The Bertz CT molecular complexity index is 987. The molecule has 0 bridgehead atoms. The van der Waals surface area contributed by atoms with E-state index in [0.29, 0.717) is 11.8 Å². The molecule has 2 heterocycles. The first kappa shape index (κ1) is 18.2. The summed E-state index contributed by atoms with van der Waals surface area (Å²) in [4.78, 5) is 15.3. The van der Waals surface area contributed by atoms with Crippen LogP contribution in [0.25, 0.3) is 17.1 Å². The molecule has 2 N–H and O–H groups in total. The van der Waals surface area contributed by atoms with E-state index < -0.39 is 17.6 Å². The largest absolute Gasteiger partial charge is 0.417 e. The summed E-state index contributed by atoms with van der Waals surface area (Å²) >= 11 is 12.2. The molecule has 3 rings (SSSR count). The van der Waals surface area contributed by atoms with Gasteiger partial charge >= 0.3 is 6.18 Å². The first-order valence-corrected chi connectivity index (χ1v) is 7.82. The van der Waals surface area contributed by atoms with Crippen molar-refractivity contribution >= 4 is 29.1 Å². The van der Waals surface area contributed by atoms with E-state index in [4.69, 9.17) is 28.9 Å². The quantitative estimate of drug-likeness (QED) is 0.709. The number of alkyl halides is 3. The van der Waals surface area contributed by atoms with Gasteiger partial charge in [-0.3, -0.25) is 4.79 Å². The van der Waals surface area contributed by atoms with Crippen LogP contribution in [0.2, 0.25) is 10.0 Å². The lowest BCUT2D eigenvalue weighted by molar-refractivity contribution is -0.137. The van der Waals surface area contributed by atoms with E-state index in [9.17, 15) is 18.0 Å². The number of nitrogens with zero attached hydrogens (tertiary/aromatic N) is 3. The minimum atomic E-state index is -4.60. The van der Waals surface area contributed by atoms with E-state index in [2.05, 4.69) is 10.1 Å². The number of aromatic nitrogens is 3. The van der Waals surface area contributed by atoms with Gasteiger partial charge in [-0.1, -0.05) is 53.5 Å². The molecule has 0 aliphatic heterocycles. The van der Waals surface area contributed by atoms with E-state index in [1.54, 1.807) is 30.3 Å². The molecule has 0 atom stereocenters. The van der Waals surface area contributed by atoms with Crippen LogP contribution in [-0.2, 0) is 6.18 Å². The monoisotopic (exact) mass is 400 g/mol. The lowest BCUT2D eigenvalue weighted by Gasteiger charge is -2.11. The second-order valence-electron chi connectivity index (χ2n) is 5.18. The zero-order valence-corrected chi connectivity index (χ0v) is 14.3. The van der Waals surface area contributed by atoms with Crippen molar-refractivity contribution in [1.82, 2.24) is 14.8 Å². The Hall–Kier alpha value is -2.58. The molecule has 134 valence electrons.